The third kappa shape index (κ3) is 10.8. The monoisotopic (exact) mass is 710 g/mol. The molecule has 0 bridgehead atoms. The fraction of sp³-hybridized carbons (Fsp3) is 0.286. The Kier molecular flexibility index (Phi) is 15.5. The van der Waals surface area contributed by atoms with Gasteiger partial charge in [0, 0.05) is 0 Å². The Bertz CT molecular complexity index is 1540. The van der Waals surface area contributed by atoms with Gasteiger partial charge in [-0.1, -0.05) is 94.7 Å². The van der Waals surface area contributed by atoms with E-state index in [1.54, 1.807) is 5.56 Å². The molecule has 0 atom stereocenters. The van der Waals surface area contributed by atoms with Gasteiger partial charge in [-0.2, -0.15) is 52.6 Å². The molecule has 3 heteroatoms. The number of benzene rings is 4. The van der Waals surface area contributed by atoms with Crippen LogP contribution in [0.25, 0.3) is 11.1 Å². The van der Waals surface area contributed by atoms with Crippen LogP contribution >= 0.6 is 0 Å². The number of halogens is 2. The predicted octanol–water partition coefficient (Wildman–Crippen LogP) is 4.84. The average Bonchev–Trinajstić information content (AvgIpc) is 3.57. The average molecular weight is 713 g/mol. The number of aryl methyl sites for hydroxylation is 4. The fourth-order valence-corrected chi connectivity index (χ4v) is 6.16. The number of hydrogen-bond donors (Lipinski definition) is 0. The second-order valence-electron chi connectivity index (χ2n) is 12.8. The van der Waals surface area contributed by atoms with E-state index in [1.807, 2.05) is 6.07 Å². The first kappa shape index (κ1) is 38.7. The summed E-state index contributed by atoms with van der Waals surface area (Å²) in [6.07, 6.45) is 4.90. The van der Waals surface area contributed by atoms with E-state index in [0.717, 1.165) is 6.42 Å². The molecule has 0 radical (unpaired) electrons. The van der Waals surface area contributed by atoms with E-state index in [9.17, 15) is 0 Å². The van der Waals surface area contributed by atoms with Gasteiger partial charge in [0.25, 0.3) is 0 Å². The first-order valence-corrected chi connectivity index (χ1v) is 16.9. The van der Waals surface area contributed by atoms with Gasteiger partial charge in [0.2, 0.25) is 0 Å². The minimum atomic E-state index is 0. The Morgan fingerprint density at radius 3 is 1.89 bits per heavy atom. The fourth-order valence-electron chi connectivity index (χ4n) is 5.34. The molecule has 1 aliphatic carbocycles. The molecule has 0 saturated heterocycles. The van der Waals surface area contributed by atoms with E-state index in [0.29, 0.717) is 5.41 Å². The molecule has 5 aromatic rings. The van der Waals surface area contributed by atoms with Gasteiger partial charge >= 0.3 is 112 Å². The van der Waals surface area contributed by atoms with Gasteiger partial charge in [-0.25, -0.2) is 6.07 Å². The van der Waals surface area contributed by atoms with E-state index in [4.69, 9.17) is 0 Å². The summed E-state index contributed by atoms with van der Waals surface area (Å²) >= 11 is 1.46. The first-order valence-electron chi connectivity index (χ1n) is 15.6. The van der Waals surface area contributed by atoms with Crippen molar-refractivity contribution in [2.24, 2.45) is 0 Å². The van der Waals surface area contributed by atoms with Crippen LogP contribution in [-0.4, -0.2) is 3.21 Å². The minimum Gasteiger partial charge on any atom is -1.00 e. The number of rotatable bonds is 5. The maximum Gasteiger partial charge on any atom is -0.0253 e. The topological polar surface area (TPSA) is 0 Å². The normalized spacial score (nSPS) is 11.0. The molecule has 0 N–H and O–H groups in total. The van der Waals surface area contributed by atoms with Gasteiger partial charge in [0.15, 0.2) is 0 Å². The van der Waals surface area contributed by atoms with Crippen LogP contribution in [0, 0.1) is 26.8 Å². The summed E-state index contributed by atoms with van der Waals surface area (Å²) in [6.45, 7) is 15.6. The zero-order valence-electron chi connectivity index (χ0n) is 27.9. The van der Waals surface area contributed by atoms with E-state index in [2.05, 4.69) is 152 Å². The van der Waals surface area contributed by atoms with Crippen LogP contribution in [0.15, 0.2) is 103 Å². The Morgan fingerprint density at radius 1 is 0.800 bits per heavy atom. The van der Waals surface area contributed by atoms with Crippen molar-refractivity contribution in [3.63, 3.8) is 0 Å². The maximum absolute atomic E-state index is 3.30. The standard InChI is InChI=1S/C15H14.C14H23.C13H9.2ClH.Zr/c1-12-3-7-14(8-4-12)11-15-9-5-13(2)6-10-15;1-6-7-8-12-10-13(9-11(12)2)14(3,4)5;1-3-7-12-10(5-1)9-11-6-2-4-8-13(11)12;;;/h3-10H,1-2H3;9-10H,6-8H2,1-5H3;1-5,7-8H,9H2;2*1H;/q;2*-1;;;+2/p-2. The quantitative estimate of drug-likeness (QED) is 0.225. The molecule has 6 rings (SSSR count). The van der Waals surface area contributed by atoms with Crippen LogP contribution in [0.4, 0.5) is 0 Å². The second-order valence-corrected chi connectivity index (χ2v) is 14.0. The Morgan fingerprint density at radius 2 is 1.36 bits per heavy atom. The van der Waals surface area contributed by atoms with Crippen molar-refractivity contribution in [2.75, 3.05) is 0 Å². The zero-order valence-corrected chi connectivity index (χ0v) is 31.9. The van der Waals surface area contributed by atoms with Crippen LogP contribution < -0.4 is 24.8 Å². The van der Waals surface area contributed by atoms with Crippen molar-refractivity contribution in [2.45, 2.75) is 79.6 Å². The molecule has 1 aliphatic rings. The second kappa shape index (κ2) is 18.0. The van der Waals surface area contributed by atoms with Gasteiger partial charge < -0.3 is 24.8 Å². The van der Waals surface area contributed by atoms with Crippen molar-refractivity contribution >= 4 is 3.21 Å². The first-order chi connectivity index (χ1) is 20.6. The summed E-state index contributed by atoms with van der Waals surface area (Å²) < 4.78 is 1.42. The van der Waals surface area contributed by atoms with Gasteiger partial charge in [-0.05, 0) is 6.42 Å². The molecule has 0 aromatic heterocycles. The molecule has 0 fully saturated rings. The summed E-state index contributed by atoms with van der Waals surface area (Å²) in [4.78, 5) is 0. The van der Waals surface area contributed by atoms with E-state index >= 15 is 0 Å². The summed E-state index contributed by atoms with van der Waals surface area (Å²) in [5.41, 5.74) is 15.6. The number of unbranched alkanes of at least 4 members (excludes halogenated alkanes) is 1. The van der Waals surface area contributed by atoms with Gasteiger partial charge in [-0.3, -0.25) is 0 Å². The summed E-state index contributed by atoms with van der Waals surface area (Å²) in [7, 11) is 0. The van der Waals surface area contributed by atoms with Crippen LogP contribution in [0.3, 0.4) is 0 Å². The van der Waals surface area contributed by atoms with E-state index in [1.165, 1.54) is 102 Å². The third-order valence-electron chi connectivity index (χ3n) is 8.17. The van der Waals surface area contributed by atoms with Crippen LogP contribution in [-0.2, 0) is 42.5 Å². The van der Waals surface area contributed by atoms with Crippen molar-refractivity contribution in [1.29, 1.82) is 0 Å². The Hall–Kier alpha value is -2.44. The smallest absolute Gasteiger partial charge is 0.0253 e. The van der Waals surface area contributed by atoms with Gasteiger partial charge in [0.1, 0.15) is 0 Å². The molecule has 0 aliphatic heterocycles. The molecule has 0 spiro atoms. The molecule has 0 saturated carbocycles. The Labute approximate surface area is 300 Å². The summed E-state index contributed by atoms with van der Waals surface area (Å²) in [5.74, 6) is 0. The molecule has 234 valence electrons. The van der Waals surface area contributed by atoms with Crippen molar-refractivity contribution < 1.29 is 49.0 Å². The van der Waals surface area contributed by atoms with Crippen molar-refractivity contribution in [3.05, 3.63) is 159 Å². The van der Waals surface area contributed by atoms with Gasteiger partial charge in [-0.15, -0.1) is 5.56 Å². The summed E-state index contributed by atoms with van der Waals surface area (Å²) in [6, 6.07) is 40.4. The molecule has 0 amide bonds. The maximum atomic E-state index is 3.30. The predicted molar refractivity (Wildman–Crippen MR) is 183 cm³/mol. The molecular formula is C42H46Cl2Zr-2. The molecule has 0 unspecified atom stereocenters. The van der Waals surface area contributed by atoms with E-state index in [-0.39, 0.29) is 24.8 Å². The van der Waals surface area contributed by atoms with Crippen LogP contribution in [0.5, 0.6) is 0 Å². The van der Waals surface area contributed by atoms with Gasteiger partial charge in [0.05, 0.1) is 0 Å². The molecule has 5 aromatic carbocycles. The third-order valence-corrected chi connectivity index (χ3v) is 9.59. The van der Waals surface area contributed by atoms with Crippen molar-refractivity contribution in [1.82, 2.24) is 0 Å². The SMILES string of the molecule is CCCCc1cc(C(C)(C)C)c[c-]1C.Cc1ccc([C](=[Zr+2])c2ccc(C)cc2)cc1.[Cl-].[Cl-].[c-]1cccc2c1Cc1ccccc1-2. The molecule has 0 nitrogen and oxygen atoms in total. The molecular weight excluding hydrogens is 667 g/mol. The van der Waals surface area contributed by atoms with Crippen molar-refractivity contribution in [3.8, 4) is 11.1 Å². The summed E-state index contributed by atoms with van der Waals surface area (Å²) in [5, 5.41) is 0. The van der Waals surface area contributed by atoms with Crippen LogP contribution in [0.2, 0.25) is 0 Å². The van der Waals surface area contributed by atoms with E-state index < -0.39 is 0 Å². The largest absolute Gasteiger partial charge is 1.00 e. The molecule has 45 heavy (non-hydrogen) atoms. The zero-order chi connectivity index (χ0) is 31.0. The molecule has 0 heterocycles. The number of fused-ring (bicyclic) bond motifs is 3. The number of hydrogen-bond acceptors (Lipinski definition) is 0. The van der Waals surface area contributed by atoms with Crippen LogP contribution in [0.1, 0.15) is 90.6 Å². The minimum absolute atomic E-state index is 0. The Balaban J connectivity index is 0.000000231.